The third-order valence-electron chi connectivity index (χ3n) is 5.24. The molecule has 0 aromatic carbocycles. The summed E-state index contributed by atoms with van der Waals surface area (Å²) in [5.41, 5.74) is 0.521. The predicted molar refractivity (Wildman–Crippen MR) is 112 cm³/mol. The van der Waals surface area contributed by atoms with E-state index in [4.69, 9.17) is 9.47 Å². The molecule has 0 spiro atoms. The summed E-state index contributed by atoms with van der Waals surface area (Å²) in [6.07, 6.45) is 3.78. The molecule has 1 rings (SSSR count). The lowest BCUT2D eigenvalue weighted by molar-refractivity contribution is -0.129. The van der Waals surface area contributed by atoms with Crippen LogP contribution in [0.2, 0.25) is 0 Å². The van der Waals surface area contributed by atoms with Gasteiger partial charge in [0.2, 0.25) is 11.8 Å². The Hall–Kier alpha value is -1.73. The molecule has 1 aliphatic rings. The van der Waals surface area contributed by atoms with Gasteiger partial charge in [0.15, 0.2) is 0 Å². The fourth-order valence-corrected chi connectivity index (χ4v) is 3.43. The van der Waals surface area contributed by atoms with Gasteiger partial charge in [-0.3, -0.25) is 14.4 Å². The number of rotatable bonds is 13. The van der Waals surface area contributed by atoms with E-state index in [-0.39, 0.29) is 35.6 Å². The SMILES string of the molecule is C=C(C)C(=O)N(CCOCCOCCC(=O)NC1CCC(C(C)=O)CC1)C(C)C. The van der Waals surface area contributed by atoms with Gasteiger partial charge in [0.05, 0.1) is 26.4 Å². The molecule has 0 bridgehead atoms. The average molecular weight is 411 g/mol. The van der Waals surface area contributed by atoms with Crippen molar-refractivity contribution in [1.29, 1.82) is 0 Å². The second-order valence-corrected chi connectivity index (χ2v) is 8.07. The molecule has 0 aliphatic heterocycles. The van der Waals surface area contributed by atoms with Crippen molar-refractivity contribution < 1.29 is 23.9 Å². The van der Waals surface area contributed by atoms with Crippen LogP contribution >= 0.6 is 0 Å². The monoisotopic (exact) mass is 410 g/mol. The Balaban J connectivity index is 2.05. The minimum absolute atomic E-state index is 0.0110. The number of carbonyl (C=O) groups excluding carboxylic acids is 3. The van der Waals surface area contributed by atoms with Crippen LogP contribution in [0, 0.1) is 5.92 Å². The van der Waals surface area contributed by atoms with Crippen molar-refractivity contribution in [2.75, 3.05) is 33.0 Å². The molecule has 0 unspecified atom stereocenters. The molecule has 7 heteroatoms. The lowest BCUT2D eigenvalue weighted by Gasteiger charge is -2.27. The quantitative estimate of drug-likeness (QED) is 0.372. The zero-order valence-electron chi connectivity index (χ0n) is 18.5. The van der Waals surface area contributed by atoms with E-state index in [9.17, 15) is 14.4 Å². The highest BCUT2D eigenvalue weighted by molar-refractivity contribution is 5.92. The number of carbonyl (C=O) groups is 3. The van der Waals surface area contributed by atoms with E-state index in [0.717, 1.165) is 25.7 Å². The van der Waals surface area contributed by atoms with Crippen molar-refractivity contribution in [3.63, 3.8) is 0 Å². The highest BCUT2D eigenvalue weighted by Gasteiger charge is 2.24. The third-order valence-corrected chi connectivity index (χ3v) is 5.24. The van der Waals surface area contributed by atoms with Gasteiger partial charge in [0.25, 0.3) is 0 Å². The molecule has 1 N–H and O–H groups in total. The maximum Gasteiger partial charge on any atom is 0.249 e. The number of amides is 2. The molecule has 0 radical (unpaired) electrons. The summed E-state index contributed by atoms with van der Waals surface area (Å²) < 4.78 is 11.0. The Morgan fingerprint density at radius 3 is 2.10 bits per heavy atom. The summed E-state index contributed by atoms with van der Waals surface area (Å²) in [6.45, 7) is 13.1. The smallest absolute Gasteiger partial charge is 0.249 e. The number of nitrogens with zero attached hydrogens (tertiary/aromatic N) is 1. The zero-order chi connectivity index (χ0) is 21.8. The molecule has 2 amide bonds. The maximum absolute atomic E-state index is 12.0. The molecular weight excluding hydrogens is 372 g/mol. The molecular formula is C22H38N2O5. The molecule has 166 valence electrons. The summed E-state index contributed by atoms with van der Waals surface area (Å²) in [5, 5.41) is 3.03. The fraction of sp³-hybridized carbons (Fsp3) is 0.773. The van der Waals surface area contributed by atoms with Crippen molar-refractivity contribution in [2.24, 2.45) is 5.92 Å². The first-order valence-corrected chi connectivity index (χ1v) is 10.6. The van der Waals surface area contributed by atoms with Gasteiger partial charge >= 0.3 is 0 Å². The van der Waals surface area contributed by atoms with Gasteiger partial charge < -0.3 is 19.7 Å². The molecule has 1 aliphatic carbocycles. The fourth-order valence-electron chi connectivity index (χ4n) is 3.43. The molecule has 29 heavy (non-hydrogen) atoms. The first-order valence-electron chi connectivity index (χ1n) is 10.6. The second kappa shape index (κ2) is 13.5. The topological polar surface area (TPSA) is 84.9 Å². The Bertz CT molecular complexity index is 553. The summed E-state index contributed by atoms with van der Waals surface area (Å²) in [4.78, 5) is 37.1. The Kier molecular flexibility index (Phi) is 11.8. The number of Topliss-reactive ketones (excluding diaryl/α,β-unsaturated/α-hetero) is 1. The summed E-state index contributed by atoms with van der Waals surface area (Å²) >= 11 is 0. The van der Waals surface area contributed by atoms with Crippen LogP contribution in [0.1, 0.15) is 59.8 Å². The standard InChI is InChI=1S/C22H38N2O5/c1-16(2)22(27)24(17(3)4)11-13-29-15-14-28-12-10-21(26)23-20-8-6-19(7-9-20)18(5)25/h17,19-20H,1,6-15H2,2-5H3,(H,23,26). The largest absolute Gasteiger partial charge is 0.379 e. The van der Waals surface area contributed by atoms with E-state index < -0.39 is 0 Å². The van der Waals surface area contributed by atoms with E-state index in [2.05, 4.69) is 11.9 Å². The number of ether oxygens (including phenoxy) is 2. The lowest BCUT2D eigenvalue weighted by Crippen LogP contribution is -2.39. The molecule has 1 fully saturated rings. The second-order valence-electron chi connectivity index (χ2n) is 8.07. The van der Waals surface area contributed by atoms with Crippen LogP contribution in [0.15, 0.2) is 12.2 Å². The molecule has 0 atom stereocenters. The van der Waals surface area contributed by atoms with Crippen LogP contribution in [0.3, 0.4) is 0 Å². The van der Waals surface area contributed by atoms with Gasteiger partial charge in [0, 0.05) is 36.5 Å². The highest BCUT2D eigenvalue weighted by Crippen LogP contribution is 2.24. The van der Waals surface area contributed by atoms with E-state index >= 15 is 0 Å². The maximum atomic E-state index is 12.0. The molecule has 0 heterocycles. The van der Waals surface area contributed by atoms with Crippen molar-refractivity contribution in [3.8, 4) is 0 Å². The van der Waals surface area contributed by atoms with Gasteiger partial charge in [-0.1, -0.05) is 6.58 Å². The van der Waals surface area contributed by atoms with Crippen LogP contribution in [0.5, 0.6) is 0 Å². The Morgan fingerprint density at radius 1 is 1.00 bits per heavy atom. The average Bonchev–Trinajstić information content (AvgIpc) is 2.66. The third kappa shape index (κ3) is 10.0. The first kappa shape index (κ1) is 25.3. The lowest BCUT2D eigenvalue weighted by atomic mass is 9.84. The van der Waals surface area contributed by atoms with Gasteiger partial charge in [0.1, 0.15) is 5.78 Å². The van der Waals surface area contributed by atoms with Crippen molar-refractivity contribution in [1.82, 2.24) is 10.2 Å². The summed E-state index contributed by atoms with van der Waals surface area (Å²) in [5.74, 6) is 0.353. The highest BCUT2D eigenvalue weighted by atomic mass is 16.5. The first-order chi connectivity index (χ1) is 13.7. The molecule has 1 saturated carbocycles. The normalized spacial score (nSPS) is 19.1. The van der Waals surface area contributed by atoms with Crippen molar-refractivity contribution in [3.05, 3.63) is 12.2 Å². The van der Waals surface area contributed by atoms with Crippen LogP contribution in [0.25, 0.3) is 0 Å². The molecule has 0 saturated heterocycles. The van der Waals surface area contributed by atoms with Gasteiger partial charge in [-0.05, 0) is 53.4 Å². The number of nitrogens with one attached hydrogen (secondary N) is 1. The van der Waals surface area contributed by atoms with Crippen molar-refractivity contribution >= 4 is 17.6 Å². The minimum atomic E-state index is -0.0550. The number of hydrogen-bond acceptors (Lipinski definition) is 5. The van der Waals surface area contributed by atoms with Gasteiger partial charge in [-0.2, -0.15) is 0 Å². The molecule has 0 aromatic rings. The summed E-state index contributed by atoms with van der Waals surface area (Å²) in [7, 11) is 0. The predicted octanol–water partition coefficient (Wildman–Crippen LogP) is 2.49. The molecule has 7 nitrogen and oxygen atoms in total. The van der Waals surface area contributed by atoms with Crippen LogP contribution < -0.4 is 5.32 Å². The Morgan fingerprint density at radius 2 is 1.59 bits per heavy atom. The van der Waals surface area contributed by atoms with Crippen LogP contribution in [-0.2, 0) is 23.9 Å². The van der Waals surface area contributed by atoms with E-state index in [1.165, 1.54) is 0 Å². The number of hydrogen-bond donors (Lipinski definition) is 1. The van der Waals surface area contributed by atoms with Crippen LogP contribution in [0.4, 0.5) is 0 Å². The Labute approximate surface area is 175 Å². The van der Waals surface area contributed by atoms with Gasteiger partial charge in [-0.15, -0.1) is 0 Å². The van der Waals surface area contributed by atoms with E-state index in [1.807, 2.05) is 13.8 Å². The minimum Gasteiger partial charge on any atom is -0.379 e. The summed E-state index contributed by atoms with van der Waals surface area (Å²) in [6, 6.07) is 0.266. The van der Waals surface area contributed by atoms with E-state index in [0.29, 0.717) is 45.0 Å². The zero-order valence-corrected chi connectivity index (χ0v) is 18.5. The van der Waals surface area contributed by atoms with Gasteiger partial charge in [-0.25, -0.2) is 0 Å². The number of ketones is 1. The van der Waals surface area contributed by atoms with Crippen molar-refractivity contribution in [2.45, 2.75) is 71.9 Å². The molecule has 0 aromatic heterocycles. The van der Waals surface area contributed by atoms with Crippen LogP contribution in [-0.4, -0.2) is 67.6 Å². The van der Waals surface area contributed by atoms with E-state index in [1.54, 1.807) is 18.7 Å².